The molecule has 0 aromatic rings. The van der Waals surface area contributed by atoms with Gasteiger partial charge in [0.15, 0.2) is 0 Å². The van der Waals surface area contributed by atoms with Crippen LogP contribution in [0.15, 0.2) is 17.1 Å². The van der Waals surface area contributed by atoms with E-state index in [0.29, 0.717) is 18.4 Å². The van der Waals surface area contributed by atoms with Crippen LogP contribution in [0.2, 0.25) is 0 Å². The van der Waals surface area contributed by atoms with Crippen LogP contribution in [0.5, 0.6) is 0 Å². The summed E-state index contributed by atoms with van der Waals surface area (Å²) in [5.74, 6) is 1.10. The molecule has 0 unspecified atom stereocenters. The predicted molar refractivity (Wildman–Crippen MR) is 50.7 cm³/mol. The molecule has 0 radical (unpaired) electrons. The SMILES string of the molecule is CC(C)/C=C\[C@H](C)CCN=C=O. The zero-order chi connectivity index (χ0) is 9.40. The van der Waals surface area contributed by atoms with E-state index in [-0.39, 0.29) is 0 Å². The lowest BCUT2D eigenvalue weighted by molar-refractivity contribution is 0.560. The Morgan fingerprint density at radius 1 is 1.33 bits per heavy atom. The van der Waals surface area contributed by atoms with Crippen molar-refractivity contribution < 1.29 is 4.79 Å². The standard InChI is InChI=1S/C10H17NO/c1-9(2)4-5-10(3)6-7-11-8-12/h4-5,9-10H,6-7H2,1-3H3/b5-4-/t10-/m0/s1. The summed E-state index contributed by atoms with van der Waals surface area (Å²) in [6.45, 7) is 7.01. The van der Waals surface area contributed by atoms with Gasteiger partial charge in [0, 0.05) is 0 Å². The maximum absolute atomic E-state index is 9.74. The van der Waals surface area contributed by atoms with Gasteiger partial charge in [-0.3, -0.25) is 0 Å². The normalized spacial score (nSPS) is 13.3. The lowest BCUT2D eigenvalue weighted by atomic mass is 10.1. The summed E-state index contributed by atoms with van der Waals surface area (Å²) in [6, 6.07) is 0. The van der Waals surface area contributed by atoms with Gasteiger partial charge in [-0.05, 0) is 18.3 Å². The van der Waals surface area contributed by atoms with E-state index in [4.69, 9.17) is 0 Å². The molecule has 0 rings (SSSR count). The highest BCUT2D eigenvalue weighted by Crippen LogP contribution is 2.05. The van der Waals surface area contributed by atoms with Crippen molar-refractivity contribution >= 4 is 6.08 Å². The van der Waals surface area contributed by atoms with E-state index in [1.165, 1.54) is 6.08 Å². The third kappa shape index (κ3) is 7.23. The second-order valence-electron chi connectivity index (χ2n) is 3.37. The molecule has 0 spiro atoms. The zero-order valence-electron chi connectivity index (χ0n) is 8.08. The minimum Gasteiger partial charge on any atom is -0.211 e. The Balaban J connectivity index is 3.58. The molecule has 0 bridgehead atoms. The summed E-state index contributed by atoms with van der Waals surface area (Å²) in [5.41, 5.74) is 0. The maximum atomic E-state index is 9.74. The average molecular weight is 167 g/mol. The lowest BCUT2D eigenvalue weighted by Crippen LogP contribution is -1.93. The van der Waals surface area contributed by atoms with Crippen LogP contribution in [0.1, 0.15) is 27.2 Å². The number of allylic oxidation sites excluding steroid dienone is 2. The molecule has 0 heterocycles. The maximum Gasteiger partial charge on any atom is 0.234 e. The number of carbonyl (C=O) groups excluding carboxylic acids is 1. The predicted octanol–water partition coefficient (Wildman–Crippen LogP) is 2.56. The third-order valence-corrected chi connectivity index (χ3v) is 1.59. The first kappa shape index (κ1) is 11.1. The van der Waals surface area contributed by atoms with Crippen molar-refractivity contribution in [2.45, 2.75) is 27.2 Å². The van der Waals surface area contributed by atoms with Crippen LogP contribution in [0, 0.1) is 11.8 Å². The molecule has 0 aromatic carbocycles. The highest BCUT2D eigenvalue weighted by molar-refractivity contribution is 5.32. The molecule has 0 aliphatic rings. The van der Waals surface area contributed by atoms with Gasteiger partial charge in [0.25, 0.3) is 0 Å². The van der Waals surface area contributed by atoms with Crippen molar-refractivity contribution in [3.05, 3.63) is 12.2 Å². The van der Waals surface area contributed by atoms with Crippen LogP contribution >= 0.6 is 0 Å². The van der Waals surface area contributed by atoms with Gasteiger partial charge in [-0.15, -0.1) is 0 Å². The van der Waals surface area contributed by atoms with Gasteiger partial charge in [-0.2, -0.15) is 0 Å². The second kappa shape index (κ2) is 6.81. The van der Waals surface area contributed by atoms with Crippen LogP contribution < -0.4 is 0 Å². The van der Waals surface area contributed by atoms with Gasteiger partial charge in [-0.1, -0.05) is 32.9 Å². The van der Waals surface area contributed by atoms with Gasteiger partial charge in [-0.25, -0.2) is 9.79 Å². The van der Waals surface area contributed by atoms with Crippen molar-refractivity contribution in [1.82, 2.24) is 0 Å². The van der Waals surface area contributed by atoms with Gasteiger partial charge >= 0.3 is 0 Å². The fourth-order valence-corrected chi connectivity index (χ4v) is 0.822. The second-order valence-corrected chi connectivity index (χ2v) is 3.37. The smallest absolute Gasteiger partial charge is 0.211 e. The molecule has 0 aromatic heterocycles. The van der Waals surface area contributed by atoms with Crippen LogP contribution in [0.4, 0.5) is 0 Å². The minimum atomic E-state index is 0.504. The first-order valence-corrected chi connectivity index (χ1v) is 4.38. The summed E-state index contributed by atoms with van der Waals surface area (Å²) in [5, 5.41) is 0. The molecular formula is C10H17NO. The Bertz CT molecular complexity index is 178. The number of rotatable bonds is 5. The molecule has 0 saturated heterocycles. The highest BCUT2D eigenvalue weighted by atomic mass is 16.1. The Hall–Kier alpha value is -0.880. The van der Waals surface area contributed by atoms with Crippen LogP contribution in [0.25, 0.3) is 0 Å². The Morgan fingerprint density at radius 3 is 2.50 bits per heavy atom. The van der Waals surface area contributed by atoms with Crippen molar-refractivity contribution in [2.24, 2.45) is 16.8 Å². The monoisotopic (exact) mass is 167 g/mol. The number of hydrogen-bond acceptors (Lipinski definition) is 2. The molecule has 2 heteroatoms. The van der Waals surface area contributed by atoms with Crippen molar-refractivity contribution in [3.8, 4) is 0 Å². The first-order chi connectivity index (χ1) is 5.66. The van der Waals surface area contributed by atoms with Gasteiger partial charge < -0.3 is 0 Å². The van der Waals surface area contributed by atoms with E-state index in [9.17, 15) is 4.79 Å². The summed E-state index contributed by atoms with van der Waals surface area (Å²) in [7, 11) is 0. The van der Waals surface area contributed by atoms with Gasteiger partial charge in [0.2, 0.25) is 6.08 Å². The molecule has 1 atom stereocenters. The molecule has 0 aliphatic heterocycles. The lowest BCUT2D eigenvalue weighted by Gasteiger charge is -2.02. The van der Waals surface area contributed by atoms with E-state index in [1.54, 1.807) is 0 Å². The Kier molecular flexibility index (Phi) is 6.31. The van der Waals surface area contributed by atoms with Gasteiger partial charge in [0.1, 0.15) is 0 Å². The molecular weight excluding hydrogens is 150 g/mol. The molecule has 0 saturated carbocycles. The number of nitrogens with zero attached hydrogens (tertiary/aromatic N) is 1. The summed E-state index contributed by atoms with van der Waals surface area (Å²) < 4.78 is 0. The van der Waals surface area contributed by atoms with Crippen LogP contribution in [-0.4, -0.2) is 12.6 Å². The third-order valence-electron chi connectivity index (χ3n) is 1.59. The van der Waals surface area contributed by atoms with Crippen molar-refractivity contribution in [2.75, 3.05) is 6.54 Å². The fraction of sp³-hybridized carbons (Fsp3) is 0.700. The molecule has 2 nitrogen and oxygen atoms in total. The molecule has 0 amide bonds. The Labute approximate surface area is 74.4 Å². The van der Waals surface area contributed by atoms with E-state index >= 15 is 0 Å². The topological polar surface area (TPSA) is 29.4 Å². The summed E-state index contributed by atoms with van der Waals surface area (Å²) in [4.78, 5) is 13.2. The first-order valence-electron chi connectivity index (χ1n) is 4.38. The van der Waals surface area contributed by atoms with Crippen molar-refractivity contribution in [3.63, 3.8) is 0 Å². The van der Waals surface area contributed by atoms with Crippen molar-refractivity contribution in [1.29, 1.82) is 0 Å². The van der Waals surface area contributed by atoms with Gasteiger partial charge in [0.05, 0.1) is 6.54 Å². The fourth-order valence-electron chi connectivity index (χ4n) is 0.822. The molecule has 0 aliphatic carbocycles. The molecule has 68 valence electrons. The molecule has 0 fully saturated rings. The quantitative estimate of drug-likeness (QED) is 0.351. The largest absolute Gasteiger partial charge is 0.234 e. The number of aliphatic imine (C=N–C) groups is 1. The summed E-state index contributed by atoms with van der Waals surface area (Å²) in [6.07, 6.45) is 6.82. The highest BCUT2D eigenvalue weighted by Gasteiger charge is 1.95. The minimum absolute atomic E-state index is 0.504. The van der Waals surface area contributed by atoms with E-state index < -0.39 is 0 Å². The van der Waals surface area contributed by atoms with E-state index in [1.807, 2.05) is 0 Å². The van der Waals surface area contributed by atoms with E-state index in [0.717, 1.165) is 6.42 Å². The average Bonchev–Trinajstić information content (AvgIpc) is 2.01. The summed E-state index contributed by atoms with van der Waals surface area (Å²) >= 11 is 0. The number of hydrogen-bond donors (Lipinski definition) is 0. The van der Waals surface area contributed by atoms with E-state index in [2.05, 4.69) is 37.9 Å². The number of isocyanates is 1. The van der Waals surface area contributed by atoms with Crippen LogP contribution in [0.3, 0.4) is 0 Å². The van der Waals surface area contributed by atoms with Crippen LogP contribution in [-0.2, 0) is 4.79 Å². The molecule has 12 heavy (non-hydrogen) atoms. The Morgan fingerprint density at radius 2 is 2.00 bits per heavy atom. The molecule has 0 N–H and O–H groups in total. The zero-order valence-corrected chi connectivity index (χ0v) is 8.08.